The van der Waals surface area contributed by atoms with Crippen molar-refractivity contribution in [2.24, 2.45) is 0 Å². The van der Waals surface area contributed by atoms with E-state index in [9.17, 15) is 13.6 Å². The maximum Gasteiger partial charge on any atom is 0.256 e. The summed E-state index contributed by atoms with van der Waals surface area (Å²) in [4.78, 5) is 11.9. The minimum atomic E-state index is -0.629. The van der Waals surface area contributed by atoms with Gasteiger partial charge < -0.3 is 11.1 Å². The van der Waals surface area contributed by atoms with E-state index in [2.05, 4.69) is 21.2 Å². The number of hydrogen-bond acceptors (Lipinski definition) is 2. The van der Waals surface area contributed by atoms with Crippen molar-refractivity contribution in [3.05, 3.63) is 58.1 Å². The average molecular weight is 327 g/mol. The minimum absolute atomic E-state index is 0.00932. The van der Waals surface area contributed by atoms with Crippen LogP contribution in [-0.4, -0.2) is 5.91 Å². The Kier molecular flexibility index (Phi) is 3.80. The van der Waals surface area contributed by atoms with Crippen LogP contribution in [0.5, 0.6) is 0 Å². The number of nitrogens with two attached hydrogens (primary N) is 1. The van der Waals surface area contributed by atoms with Crippen LogP contribution in [0.1, 0.15) is 10.4 Å². The van der Waals surface area contributed by atoms with Gasteiger partial charge in [0.05, 0.1) is 11.3 Å². The van der Waals surface area contributed by atoms with Crippen molar-refractivity contribution >= 4 is 33.2 Å². The molecule has 2 rings (SSSR count). The van der Waals surface area contributed by atoms with Gasteiger partial charge in [0.1, 0.15) is 11.6 Å². The Bertz CT molecular complexity index is 647. The summed E-state index contributed by atoms with van der Waals surface area (Å²) >= 11 is 3.15. The van der Waals surface area contributed by atoms with Gasteiger partial charge >= 0.3 is 0 Å². The van der Waals surface area contributed by atoms with Crippen LogP contribution < -0.4 is 11.1 Å². The molecule has 3 nitrogen and oxygen atoms in total. The van der Waals surface area contributed by atoms with Crippen LogP contribution in [0.3, 0.4) is 0 Å². The minimum Gasteiger partial charge on any atom is -0.396 e. The van der Waals surface area contributed by atoms with Crippen molar-refractivity contribution in [1.82, 2.24) is 0 Å². The number of amides is 1. The van der Waals surface area contributed by atoms with Crippen LogP contribution in [0.25, 0.3) is 0 Å². The second-order valence-corrected chi connectivity index (χ2v) is 4.67. The van der Waals surface area contributed by atoms with E-state index in [0.717, 1.165) is 12.1 Å². The third-order valence-electron chi connectivity index (χ3n) is 2.43. The first-order valence-electron chi connectivity index (χ1n) is 5.29. The van der Waals surface area contributed by atoms with Crippen molar-refractivity contribution in [3.8, 4) is 0 Å². The number of anilines is 2. The molecule has 0 spiro atoms. The molecule has 0 atom stereocenters. The van der Waals surface area contributed by atoms with Gasteiger partial charge in [0.2, 0.25) is 0 Å². The third-order valence-corrected chi connectivity index (χ3v) is 3.12. The molecule has 0 aromatic heterocycles. The first-order chi connectivity index (χ1) is 8.97. The van der Waals surface area contributed by atoms with E-state index < -0.39 is 17.5 Å². The first kappa shape index (κ1) is 13.5. The fourth-order valence-electron chi connectivity index (χ4n) is 1.47. The average Bonchev–Trinajstić information content (AvgIpc) is 2.36. The van der Waals surface area contributed by atoms with Crippen molar-refractivity contribution in [3.63, 3.8) is 0 Å². The SMILES string of the molecule is Nc1ccc(NC(=O)c2cc(F)ccc2Br)cc1F. The maximum atomic E-state index is 13.2. The Morgan fingerprint density at radius 2 is 1.89 bits per heavy atom. The largest absolute Gasteiger partial charge is 0.396 e. The molecule has 0 aliphatic carbocycles. The molecule has 0 saturated carbocycles. The van der Waals surface area contributed by atoms with Gasteiger partial charge in [-0.3, -0.25) is 4.79 Å². The molecule has 2 aromatic rings. The topological polar surface area (TPSA) is 55.1 Å². The Morgan fingerprint density at radius 1 is 1.16 bits per heavy atom. The van der Waals surface area contributed by atoms with E-state index in [1.165, 1.54) is 24.3 Å². The molecule has 0 radical (unpaired) electrons. The zero-order valence-corrected chi connectivity index (χ0v) is 11.2. The lowest BCUT2D eigenvalue weighted by Gasteiger charge is -2.08. The molecule has 1 amide bonds. The molecule has 0 bridgehead atoms. The molecular formula is C13H9BrF2N2O. The molecule has 19 heavy (non-hydrogen) atoms. The monoisotopic (exact) mass is 326 g/mol. The maximum absolute atomic E-state index is 13.2. The molecule has 0 saturated heterocycles. The standard InChI is InChI=1S/C13H9BrF2N2O/c14-10-3-1-7(15)5-9(10)13(19)18-8-2-4-12(17)11(16)6-8/h1-6H,17H2,(H,18,19). The highest BCUT2D eigenvalue weighted by Crippen LogP contribution is 2.21. The Hall–Kier alpha value is -1.95. The summed E-state index contributed by atoms with van der Waals surface area (Å²) < 4.78 is 26.8. The summed E-state index contributed by atoms with van der Waals surface area (Å²) in [5, 5.41) is 2.46. The lowest BCUT2D eigenvalue weighted by Crippen LogP contribution is -2.13. The Labute approximate surface area is 116 Å². The number of benzene rings is 2. The highest BCUT2D eigenvalue weighted by atomic mass is 79.9. The molecule has 2 aromatic carbocycles. The zero-order chi connectivity index (χ0) is 14.0. The van der Waals surface area contributed by atoms with Crippen molar-refractivity contribution in [2.45, 2.75) is 0 Å². The van der Waals surface area contributed by atoms with Crippen LogP contribution in [0, 0.1) is 11.6 Å². The lowest BCUT2D eigenvalue weighted by molar-refractivity contribution is 0.102. The highest BCUT2D eigenvalue weighted by molar-refractivity contribution is 9.10. The van der Waals surface area contributed by atoms with Gasteiger partial charge in [-0.15, -0.1) is 0 Å². The number of nitrogen functional groups attached to an aromatic ring is 1. The summed E-state index contributed by atoms with van der Waals surface area (Å²) in [7, 11) is 0. The normalized spacial score (nSPS) is 10.3. The fourth-order valence-corrected chi connectivity index (χ4v) is 1.90. The third kappa shape index (κ3) is 3.08. The fraction of sp³-hybridized carbons (Fsp3) is 0. The predicted molar refractivity (Wildman–Crippen MR) is 72.9 cm³/mol. The summed E-state index contributed by atoms with van der Waals surface area (Å²) in [5.74, 6) is -1.71. The molecule has 0 unspecified atom stereocenters. The van der Waals surface area contributed by atoms with E-state index in [0.29, 0.717) is 4.47 Å². The van der Waals surface area contributed by atoms with Crippen LogP contribution in [0.4, 0.5) is 20.2 Å². The van der Waals surface area contributed by atoms with Crippen molar-refractivity contribution in [1.29, 1.82) is 0 Å². The van der Waals surface area contributed by atoms with Gasteiger partial charge in [-0.05, 0) is 52.3 Å². The number of carbonyl (C=O) groups excluding carboxylic acids is 1. The molecule has 0 aliphatic heterocycles. The van der Waals surface area contributed by atoms with Gasteiger partial charge in [0, 0.05) is 10.2 Å². The highest BCUT2D eigenvalue weighted by Gasteiger charge is 2.12. The van der Waals surface area contributed by atoms with E-state index >= 15 is 0 Å². The molecule has 0 fully saturated rings. The van der Waals surface area contributed by atoms with Crippen LogP contribution in [0.15, 0.2) is 40.9 Å². The zero-order valence-electron chi connectivity index (χ0n) is 9.58. The summed E-state index contributed by atoms with van der Waals surface area (Å²) in [6, 6.07) is 7.64. The van der Waals surface area contributed by atoms with E-state index in [1.54, 1.807) is 0 Å². The molecular weight excluding hydrogens is 318 g/mol. The predicted octanol–water partition coefficient (Wildman–Crippen LogP) is 3.56. The lowest BCUT2D eigenvalue weighted by atomic mass is 10.2. The molecule has 6 heteroatoms. The smallest absolute Gasteiger partial charge is 0.256 e. The second-order valence-electron chi connectivity index (χ2n) is 3.81. The molecule has 3 N–H and O–H groups in total. The first-order valence-corrected chi connectivity index (χ1v) is 6.08. The van der Waals surface area contributed by atoms with Gasteiger partial charge in [0.15, 0.2) is 0 Å². The van der Waals surface area contributed by atoms with Crippen LogP contribution in [-0.2, 0) is 0 Å². The van der Waals surface area contributed by atoms with Gasteiger partial charge in [-0.2, -0.15) is 0 Å². The number of carbonyl (C=O) groups is 1. The summed E-state index contributed by atoms with van der Waals surface area (Å²) in [6.45, 7) is 0. The van der Waals surface area contributed by atoms with E-state index in [-0.39, 0.29) is 16.9 Å². The number of halogens is 3. The van der Waals surface area contributed by atoms with Gasteiger partial charge in [-0.25, -0.2) is 8.78 Å². The quantitative estimate of drug-likeness (QED) is 0.829. The number of rotatable bonds is 2. The van der Waals surface area contributed by atoms with E-state index in [4.69, 9.17) is 5.73 Å². The summed E-state index contributed by atoms with van der Waals surface area (Å²) in [6.07, 6.45) is 0. The number of hydrogen-bond donors (Lipinski definition) is 2. The molecule has 0 aliphatic rings. The Balaban J connectivity index is 2.25. The van der Waals surface area contributed by atoms with E-state index in [1.807, 2.05) is 0 Å². The van der Waals surface area contributed by atoms with Gasteiger partial charge in [0.25, 0.3) is 5.91 Å². The molecule has 0 heterocycles. The second kappa shape index (κ2) is 5.36. The summed E-state index contributed by atoms with van der Waals surface area (Å²) in [5.41, 5.74) is 5.69. The molecule has 98 valence electrons. The van der Waals surface area contributed by atoms with Gasteiger partial charge in [-0.1, -0.05) is 0 Å². The Morgan fingerprint density at radius 3 is 2.58 bits per heavy atom. The van der Waals surface area contributed by atoms with Crippen LogP contribution in [0.2, 0.25) is 0 Å². The van der Waals surface area contributed by atoms with Crippen molar-refractivity contribution < 1.29 is 13.6 Å². The van der Waals surface area contributed by atoms with Crippen molar-refractivity contribution in [2.75, 3.05) is 11.1 Å². The number of nitrogens with one attached hydrogen (secondary N) is 1. The van der Waals surface area contributed by atoms with Crippen LogP contribution >= 0.6 is 15.9 Å².